The number of carbonyl (C=O) groups excluding carboxylic acids is 1. The second-order valence-corrected chi connectivity index (χ2v) is 7.33. The maximum atomic E-state index is 12.7. The zero-order valence-corrected chi connectivity index (χ0v) is 16.6. The molecule has 2 saturated heterocycles. The number of rotatable bonds is 5. The van der Waals surface area contributed by atoms with Crippen molar-refractivity contribution in [2.45, 2.75) is 30.4 Å². The molecule has 3 rings (SSSR count). The largest absolute Gasteiger partial charge is 0.481 e. The predicted molar refractivity (Wildman–Crippen MR) is 105 cm³/mol. The Hall–Kier alpha value is -0.950. The van der Waals surface area contributed by atoms with Crippen molar-refractivity contribution >= 4 is 30.1 Å². The number of likely N-dealkylation sites (tertiary alicyclic amines) is 1. The van der Waals surface area contributed by atoms with E-state index in [2.05, 4.69) is 10.2 Å². The summed E-state index contributed by atoms with van der Waals surface area (Å²) in [6.45, 7) is 7.79. The van der Waals surface area contributed by atoms with E-state index in [-0.39, 0.29) is 18.3 Å². The number of hydrogen-bond donors (Lipinski definition) is 1. The number of nitrogens with zero attached hydrogens (tertiary/aromatic N) is 2. The lowest BCUT2D eigenvalue weighted by atomic mass is 10.2. The van der Waals surface area contributed by atoms with Crippen molar-refractivity contribution in [3.8, 4) is 5.75 Å². The summed E-state index contributed by atoms with van der Waals surface area (Å²) < 4.78 is 5.84. The molecule has 2 atom stereocenters. The van der Waals surface area contributed by atoms with Gasteiger partial charge in [-0.15, -0.1) is 24.2 Å². The topological polar surface area (TPSA) is 44.8 Å². The lowest BCUT2D eigenvalue weighted by Crippen LogP contribution is -2.50. The Morgan fingerprint density at radius 1 is 1.24 bits per heavy atom. The van der Waals surface area contributed by atoms with Gasteiger partial charge >= 0.3 is 0 Å². The highest BCUT2D eigenvalue weighted by Crippen LogP contribution is 2.21. The van der Waals surface area contributed by atoms with E-state index in [0.29, 0.717) is 6.04 Å². The number of thioether (sulfide) groups is 1. The quantitative estimate of drug-likeness (QED) is 0.786. The van der Waals surface area contributed by atoms with Gasteiger partial charge in [0, 0.05) is 50.2 Å². The smallest absolute Gasteiger partial charge is 0.263 e. The first kappa shape index (κ1) is 20.4. The minimum absolute atomic E-state index is 0. The molecule has 0 aliphatic carbocycles. The van der Waals surface area contributed by atoms with Crippen LogP contribution in [0.4, 0.5) is 0 Å². The van der Waals surface area contributed by atoms with Crippen LogP contribution in [0.15, 0.2) is 29.2 Å². The van der Waals surface area contributed by atoms with Crippen LogP contribution in [0.1, 0.15) is 13.3 Å². The summed E-state index contributed by atoms with van der Waals surface area (Å²) in [7, 11) is 0. The molecule has 1 N–H and O–H groups in total. The molecule has 2 heterocycles. The first-order valence-electron chi connectivity index (χ1n) is 8.71. The summed E-state index contributed by atoms with van der Waals surface area (Å²) in [4.78, 5) is 18.3. The molecule has 2 fully saturated rings. The number of halogens is 1. The first-order chi connectivity index (χ1) is 11.7. The van der Waals surface area contributed by atoms with E-state index in [0.717, 1.165) is 51.4 Å². The van der Waals surface area contributed by atoms with Crippen LogP contribution in [0, 0.1) is 0 Å². The van der Waals surface area contributed by atoms with Gasteiger partial charge < -0.3 is 15.0 Å². The van der Waals surface area contributed by atoms with Crippen LogP contribution in [0.5, 0.6) is 5.75 Å². The molecule has 0 saturated carbocycles. The maximum Gasteiger partial charge on any atom is 0.263 e. The Labute approximate surface area is 160 Å². The van der Waals surface area contributed by atoms with E-state index in [4.69, 9.17) is 4.74 Å². The Balaban J connectivity index is 0.00000225. The Bertz CT molecular complexity index is 552. The highest BCUT2D eigenvalue weighted by atomic mass is 35.5. The van der Waals surface area contributed by atoms with Crippen molar-refractivity contribution in [2.24, 2.45) is 0 Å². The number of ether oxygens (including phenoxy) is 1. The van der Waals surface area contributed by atoms with Crippen LogP contribution >= 0.6 is 24.2 Å². The number of hydrogen-bond acceptors (Lipinski definition) is 5. The molecule has 0 spiro atoms. The van der Waals surface area contributed by atoms with Crippen molar-refractivity contribution in [2.75, 3.05) is 45.5 Å². The van der Waals surface area contributed by atoms with E-state index in [1.165, 1.54) is 4.90 Å². The van der Waals surface area contributed by atoms with Crippen LogP contribution in [0.25, 0.3) is 0 Å². The second kappa shape index (κ2) is 9.67. The van der Waals surface area contributed by atoms with Crippen LogP contribution in [-0.2, 0) is 4.79 Å². The molecular weight excluding hydrogens is 358 g/mol. The molecular formula is C18H28ClN3O2S. The Morgan fingerprint density at radius 3 is 2.56 bits per heavy atom. The fourth-order valence-corrected chi connectivity index (χ4v) is 3.86. The van der Waals surface area contributed by atoms with Gasteiger partial charge in [0.15, 0.2) is 6.10 Å². The molecule has 0 aromatic heterocycles. The molecule has 0 bridgehead atoms. The third kappa shape index (κ3) is 5.26. The maximum absolute atomic E-state index is 12.7. The molecule has 5 nitrogen and oxygen atoms in total. The molecule has 1 aromatic carbocycles. The summed E-state index contributed by atoms with van der Waals surface area (Å²) in [5.41, 5.74) is 0. The lowest BCUT2D eigenvalue weighted by molar-refractivity contribution is -0.137. The zero-order chi connectivity index (χ0) is 16.9. The molecule has 2 unspecified atom stereocenters. The van der Waals surface area contributed by atoms with Gasteiger partial charge in [-0.3, -0.25) is 9.69 Å². The van der Waals surface area contributed by atoms with E-state index in [1.54, 1.807) is 11.8 Å². The SMILES string of the molecule is CSc1ccc(OC(C)C(=O)N2CCC(N3CCNCC3)C2)cc1.Cl. The van der Waals surface area contributed by atoms with Crippen molar-refractivity contribution < 1.29 is 9.53 Å². The summed E-state index contributed by atoms with van der Waals surface area (Å²) in [6, 6.07) is 8.41. The van der Waals surface area contributed by atoms with Crippen molar-refractivity contribution in [3.05, 3.63) is 24.3 Å². The van der Waals surface area contributed by atoms with Gasteiger partial charge in [0.2, 0.25) is 0 Å². The molecule has 2 aliphatic heterocycles. The number of amides is 1. The monoisotopic (exact) mass is 385 g/mol. The highest BCUT2D eigenvalue weighted by Gasteiger charge is 2.33. The van der Waals surface area contributed by atoms with Gasteiger partial charge in [-0.05, 0) is 43.9 Å². The van der Waals surface area contributed by atoms with Gasteiger partial charge in [0.25, 0.3) is 5.91 Å². The molecule has 25 heavy (non-hydrogen) atoms. The predicted octanol–water partition coefficient (Wildman–Crippen LogP) is 2.10. The van der Waals surface area contributed by atoms with E-state index in [1.807, 2.05) is 42.3 Å². The molecule has 140 valence electrons. The van der Waals surface area contributed by atoms with Gasteiger partial charge in [0.05, 0.1) is 0 Å². The number of piperazine rings is 1. The number of nitrogens with one attached hydrogen (secondary N) is 1. The third-order valence-electron chi connectivity index (χ3n) is 4.86. The van der Waals surface area contributed by atoms with Crippen molar-refractivity contribution in [1.82, 2.24) is 15.1 Å². The van der Waals surface area contributed by atoms with Gasteiger partial charge in [-0.2, -0.15) is 0 Å². The molecule has 7 heteroatoms. The van der Waals surface area contributed by atoms with E-state index < -0.39 is 6.10 Å². The number of carbonyl (C=O) groups is 1. The normalized spacial score (nSPS) is 22.3. The highest BCUT2D eigenvalue weighted by molar-refractivity contribution is 7.98. The first-order valence-corrected chi connectivity index (χ1v) is 9.94. The summed E-state index contributed by atoms with van der Waals surface area (Å²) >= 11 is 1.70. The summed E-state index contributed by atoms with van der Waals surface area (Å²) in [5, 5.41) is 3.38. The average Bonchev–Trinajstić information content (AvgIpc) is 3.12. The summed E-state index contributed by atoms with van der Waals surface area (Å²) in [5.74, 6) is 0.855. The van der Waals surface area contributed by atoms with Gasteiger partial charge in [0.1, 0.15) is 5.75 Å². The molecule has 0 radical (unpaired) electrons. The van der Waals surface area contributed by atoms with Crippen LogP contribution in [0.2, 0.25) is 0 Å². The standard InChI is InChI=1S/C18H27N3O2S.ClH/c1-14(23-16-3-5-17(24-2)6-4-16)18(22)21-10-7-15(13-21)20-11-8-19-9-12-20;/h3-6,14-15,19H,7-13H2,1-2H3;1H. The van der Waals surface area contributed by atoms with Crippen molar-refractivity contribution in [1.29, 1.82) is 0 Å². The zero-order valence-electron chi connectivity index (χ0n) is 14.9. The minimum atomic E-state index is -0.438. The second-order valence-electron chi connectivity index (χ2n) is 6.45. The van der Waals surface area contributed by atoms with E-state index >= 15 is 0 Å². The van der Waals surface area contributed by atoms with Gasteiger partial charge in [-0.1, -0.05) is 0 Å². The van der Waals surface area contributed by atoms with Crippen LogP contribution < -0.4 is 10.1 Å². The molecule has 1 aromatic rings. The van der Waals surface area contributed by atoms with Crippen molar-refractivity contribution in [3.63, 3.8) is 0 Å². The third-order valence-corrected chi connectivity index (χ3v) is 5.61. The van der Waals surface area contributed by atoms with Crippen LogP contribution in [-0.4, -0.2) is 73.4 Å². The average molecular weight is 386 g/mol. The lowest BCUT2D eigenvalue weighted by Gasteiger charge is -2.32. The fraction of sp³-hybridized carbons (Fsp3) is 0.611. The molecule has 1 amide bonds. The molecule has 2 aliphatic rings. The van der Waals surface area contributed by atoms with E-state index in [9.17, 15) is 4.79 Å². The fourth-order valence-electron chi connectivity index (χ4n) is 3.45. The van der Waals surface area contributed by atoms with Gasteiger partial charge in [-0.25, -0.2) is 0 Å². The minimum Gasteiger partial charge on any atom is -0.481 e. The van der Waals surface area contributed by atoms with Crippen LogP contribution in [0.3, 0.4) is 0 Å². The summed E-state index contributed by atoms with van der Waals surface area (Å²) in [6.07, 6.45) is 2.68. The Morgan fingerprint density at radius 2 is 1.92 bits per heavy atom. The number of benzene rings is 1. The Kier molecular flexibility index (Phi) is 7.87.